The molecule has 0 saturated carbocycles. The van der Waals surface area contributed by atoms with E-state index >= 15 is 0 Å². The first-order valence-corrected chi connectivity index (χ1v) is 36.1. The standard InChI is InChI=1S/C75H138O6/c1-4-7-10-13-16-19-22-25-27-29-31-33-35-36-37-38-40-41-43-45-47-50-53-56-59-62-65-68-74(77)80-71-72(70-79-73(76)67-64-61-58-55-52-49-24-21-18-15-12-9-6-3)81-75(78)69-66-63-60-57-54-51-48-46-44-42-39-34-32-30-28-26-23-20-17-14-11-8-5-2/h21,23-24,26,29-32,72H,4-20,22,25,27-28,33-71H2,1-3H3/b24-21-,26-23-,31-29-,32-30-. The van der Waals surface area contributed by atoms with Gasteiger partial charge in [0.25, 0.3) is 0 Å². The van der Waals surface area contributed by atoms with Crippen LogP contribution in [0.3, 0.4) is 0 Å². The van der Waals surface area contributed by atoms with Crippen LogP contribution in [0.4, 0.5) is 0 Å². The van der Waals surface area contributed by atoms with Crippen molar-refractivity contribution in [2.75, 3.05) is 13.2 Å². The van der Waals surface area contributed by atoms with Crippen LogP contribution in [0.2, 0.25) is 0 Å². The van der Waals surface area contributed by atoms with Crippen LogP contribution in [-0.2, 0) is 28.6 Å². The molecule has 474 valence electrons. The van der Waals surface area contributed by atoms with Gasteiger partial charge in [-0.05, 0) is 103 Å². The normalized spacial score (nSPS) is 12.3. The average Bonchev–Trinajstić information content (AvgIpc) is 3.46. The van der Waals surface area contributed by atoms with Gasteiger partial charge in [-0.3, -0.25) is 14.4 Å². The smallest absolute Gasteiger partial charge is 0.306 e. The fraction of sp³-hybridized carbons (Fsp3) is 0.853. The molecule has 0 fully saturated rings. The van der Waals surface area contributed by atoms with Gasteiger partial charge in [0.05, 0.1) is 0 Å². The van der Waals surface area contributed by atoms with E-state index in [1.165, 1.54) is 283 Å². The Labute approximate surface area is 505 Å². The van der Waals surface area contributed by atoms with Crippen molar-refractivity contribution in [2.24, 2.45) is 0 Å². The van der Waals surface area contributed by atoms with Crippen molar-refractivity contribution in [3.05, 3.63) is 48.6 Å². The molecule has 0 aromatic rings. The zero-order valence-corrected chi connectivity index (χ0v) is 54.6. The summed E-state index contributed by atoms with van der Waals surface area (Å²) in [5.74, 6) is -0.859. The van der Waals surface area contributed by atoms with Gasteiger partial charge >= 0.3 is 17.9 Å². The largest absolute Gasteiger partial charge is 0.462 e. The molecule has 6 heteroatoms. The number of unbranched alkanes of at least 4 members (excludes halogenated alkanes) is 48. The van der Waals surface area contributed by atoms with Crippen molar-refractivity contribution in [1.82, 2.24) is 0 Å². The molecule has 0 aromatic heterocycles. The van der Waals surface area contributed by atoms with E-state index in [1.54, 1.807) is 0 Å². The molecule has 1 atom stereocenters. The lowest BCUT2D eigenvalue weighted by Crippen LogP contribution is -2.30. The lowest BCUT2D eigenvalue weighted by molar-refractivity contribution is -0.167. The summed E-state index contributed by atoms with van der Waals surface area (Å²) in [4.78, 5) is 38.4. The highest BCUT2D eigenvalue weighted by molar-refractivity contribution is 5.71. The SMILES string of the molecule is CCCCCC/C=C\CCCCCCCC(=O)OCC(COC(=O)CCCCCCCCCCCCCCCCC/C=C\CCCCCCCCCC)OC(=O)CCCCCCCCCCCCC/C=C\C/C=C\CCCCCCC. The summed E-state index contributed by atoms with van der Waals surface area (Å²) in [6.45, 7) is 6.67. The van der Waals surface area contributed by atoms with Gasteiger partial charge in [0.2, 0.25) is 0 Å². The maximum atomic E-state index is 13.0. The Balaban J connectivity index is 4.23. The second kappa shape index (κ2) is 69.9. The molecule has 0 radical (unpaired) electrons. The summed E-state index contributed by atoms with van der Waals surface area (Å²) in [5.41, 5.74) is 0. The van der Waals surface area contributed by atoms with Crippen molar-refractivity contribution in [1.29, 1.82) is 0 Å². The van der Waals surface area contributed by atoms with Gasteiger partial charge in [0.15, 0.2) is 6.10 Å². The Morgan fingerprint density at radius 3 is 0.704 bits per heavy atom. The molecule has 0 spiro atoms. The highest BCUT2D eigenvalue weighted by atomic mass is 16.6. The van der Waals surface area contributed by atoms with E-state index in [0.29, 0.717) is 19.3 Å². The summed E-state index contributed by atoms with van der Waals surface area (Å²) in [5, 5.41) is 0. The van der Waals surface area contributed by atoms with E-state index in [-0.39, 0.29) is 31.1 Å². The van der Waals surface area contributed by atoms with Crippen LogP contribution in [0.25, 0.3) is 0 Å². The van der Waals surface area contributed by atoms with E-state index in [9.17, 15) is 14.4 Å². The van der Waals surface area contributed by atoms with Crippen molar-refractivity contribution < 1.29 is 28.6 Å². The second-order valence-corrected chi connectivity index (χ2v) is 24.5. The quantitative estimate of drug-likeness (QED) is 0.0261. The first-order chi connectivity index (χ1) is 40.0. The topological polar surface area (TPSA) is 78.9 Å². The summed E-state index contributed by atoms with van der Waals surface area (Å²) < 4.78 is 17.0. The Morgan fingerprint density at radius 1 is 0.247 bits per heavy atom. The van der Waals surface area contributed by atoms with Gasteiger partial charge in [0, 0.05) is 19.3 Å². The number of esters is 3. The van der Waals surface area contributed by atoms with Crippen LogP contribution in [0.1, 0.15) is 393 Å². The number of rotatable bonds is 67. The molecule has 0 amide bonds. The Bertz CT molecular complexity index is 1400. The zero-order valence-electron chi connectivity index (χ0n) is 54.6. The number of carbonyl (C=O) groups excluding carboxylic acids is 3. The second-order valence-electron chi connectivity index (χ2n) is 24.5. The third-order valence-corrected chi connectivity index (χ3v) is 16.3. The van der Waals surface area contributed by atoms with E-state index in [1.807, 2.05) is 0 Å². The summed E-state index contributed by atoms with van der Waals surface area (Å²) in [6.07, 6.45) is 88.6. The first kappa shape index (κ1) is 78.4. The van der Waals surface area contributed by atoms with E-state index in [2.05, 4.69) is 69.4 Å². The maximum absolute atomic E-state index is 13.0. The van der Waals surface area contributed by atoms with Crippen LogP contribution in [-0.4, -0.2) is 37.2 Å². The molecule has 0 aromatic carbocycles. The van der Waals surface area contributed by atoms with Crippen molar-refractivity contribution >= 4 is 17.9 Å². The summed E-state index contributed by atoms with van der Waals surface area (Å²) in [7, 11) is 0. The van der Waals surface area contributed by atoms with Gasteiger partial charge in [-0.1, -0.05) is 320 Å². The molecule has 0 N–H and O–H groups in total. The molecule has 0 heterocycles. The summed E-state index contributed by atoms with van der Waals surface area (Å²) >= 11 is 0. The Kier molecular flexibility index (Phi) is 67.6. The first-order valence-electron chi connectivity index (χ1n) is 36.1. The fourth-order valence-corrected chi connectivity index (χ4v) is 10.8. The highest BCUT2D eigenvalue weighted by Crippen LogP contribution is 2.18. The molecule has 0 aliphatic rings. The number of hydrogen-bond acceptors (Lipinski definition) is 6. The maximum Gasteiger partial charge on any atom is 0.306 e. The van der Waals surface area contributed by atoms with E-state index in [0.717, 1.165) is 70.6 Å². The predicted octanol–water partition coefficient (Wildman–Crippen LogP) is 24.9. The van der Waals surface area contributed by atoms with E-state index in [4.69, 9.17) is 14.2 Å². The van der Waals surface area contributed by atoms with Crippen molar-refractivity contribution in [3.8, 4) is 0 Å². The number of allylic oxidation sites excluding steroid dienone is 8. The predicted molar refractivity (Wildman–Crippen MR) is 353 cm³/mol. The van der Waals surface area contributed by atoms with Gasteiger partial charge in [-0.2, -0.15) is 0 Å². The minimum absolute atomic E-state index is 0.0728. The molecular formula is C75H138O6. The number of ether oxygens (including phenoxy) is 3. The molecule has 0 rings (SSSR count). The van der Waals surface area contributed by atoms with Gasteiger partial charge in [0.1, 0.15) is 13.2 Å². The van der Waals surface area contributed by atoms with Crippen LogP contribution in [0.5, 0.6) is 0 Å². The average molecular weight is 1140 g/mol. The molecule has 0 aliphatic carbocycles. The minimum Gasteiger partial charge on any atom is -0.462 e. The molecule has 6 nitrogen and oxygen atoms in total. The minimum atomic E-state index is -0.778. The lowest BCUT2D eigenvalue weighted by atomic mass is 10.0. The van der Waals surface area contributed by atoms with Crippen LogP contribution in [0, 0.1) is 0 Å². The fourth-order valence-electron chi connectivity index (χ4n) is 10.8. The molecule has 1 unspecified atom stereocenters. The highest BCUT2D eigenvalue weighted by Gasteiger charge is 2.19. The summed E-state index contributed by atoms with van der Waals surface area (Å²) in [6, 6.07) is 0. The molecule has 0 saturated heterocycles. The molecule has 0 bridgehead atoms. The van der Waals surface area contributed by atoms with Crippen molar-refractivity contribution in [3.63, 3.8) is 0 Å². The van der Waals surface area contributed by atoms with Gasteiger partial charge in [-0.15, -0.1) is 0 Å². The van der Waals surface area contributed by atoms with Crippen LogP contribution < -0.4 is 0 Å². The molecule has 81 heavy (non-hydrogen) atoms. The van der Waals surface area contributed by atoms with Gasteiger partial charge in [-0.25, -0.2) is 0 Å². The monoisotopic (exact) mass is 1140 g/mol. The number of hydrogen-bond donors (Lipinski definition) is 0. The lowest BCUT2D eigenvalue weighted by Gasteiger charge is -2.18. The van der Waals surface area contributed by atoms with Crippen LogP contribution >= 0.6 is 0 Å². The third-order valence-electron chi connectivity index (χ3n) is 16.3. The van der Waals surface area contributed by atoms with Crippen LogP contribution in [0.15, 0.2) is 48.6 Å². The number of carbonyl (C=O) groups is 3. The molecular weight excluding hydrogens is 997 g/mol. The molecule has 0 aliphatic heterocycles. The zero-order chi connectivity index (χ0) is 58.5. The third kappa shape index (κ3) is 68.0. The van der Waals surface area contributed by atoms with Gasteiger partial charge < -0.3 is 14.2 Å². The van der Waals surface area contributed by atoms with Crippen molar-refractivity contribution in [2.45, 2.75) is 399 Å². The Morgan fingerprint density at radius 2 is 0.444 bits per heavy atom. The van der Waals surface area contributed by atoms with E-state index < -0.39 is 6.10 Å². The Hall–Kier alpha value is -2.63.